The molecule has 0 unspecified atom stereocenters. The molecule has 4 saturated carbocycles. The second-order valence-corrected chi connectivity index (χ2v) is 37.3. The first-order valence-corrected chi connectivity index (χ1v) is 39.1. The summed E-state index contributed by atoms with van der Waals surface area (Å²) in [4.78, 5) is 0. The molecule has 9 heteroatoms. The Labute approximate surface area is 412 Å². The van der Waals surface area contributed by atoms with Crippen LogP contribution in [-0.2, 0) is 33.7 Å². The average molecular weight is 1050 g/mol. The Bertz CT molecular complexity index is 2290. The Hall–Kier alpha value is -2.00. The molecule has 0 aliphatic heterocycles. The average Bonchev–Trinajstić information content (AvgIpc) is 4.14. The molecule has 0 atom stereocenters. The van der Waals surface area contributed by atoms with Crippen LogP contribution in [0.5, 0.6) is 0 Å². The van der Waals surface area contributed by atoms with E-state index in [-0.39, 0.29) is 6.04 Å². The minimum atomic E-state index is -3.94. The van der Waals surface area contributed by atoms with Crippen molar-refractivity contribution in [2.24, 2.45) is 22.7 Å². The number of rotatable bonds is 10. The summed E-state index contributed by atoms with van der Waals surface area (Å²) in [7, 11) is 7.81. The molecular weight excluding hydrogens is 976 g/mol. The Balaban J connectivity index is 0.000000159. The molecule has 0 N–H and O–H groups in total. The van der Waals surface area contributed by atoms with E-state index in [1.54, 1.807) is 17.7 Å². The first kappa shape index (κ1) is 50.9. The Kier molecular flexibility index (Phi) is 16.7. The van der Waals surface area contributed by atoms with Crippen molar-refractivity contribution in [1.82, 2.24) is 0 Å². The zero-order valence-corrected chi connectivity index (χ0v) is 46.8. The van der Waals surface area contributed by atoms with Gasteiger partial charge in [-0.05, 0) is 111 Å². The van der Waals surface area contributed by atoms with E-state index in [4.69, 9.17) is 17.0 Å². The zero-order valence-electron chi connectivity index (χ0n) is 39.8. The van der Waals surface area contributed by atoms with Crippen LogP contribution in [0, 0.1) is 22.7 Å². The Morgan fingerprint density at radius 3 is 1.26 bits per heavy atom. The van der Waals surface area contributed by atoms with Crippen LogP contribution < -0.4 is 10.4 Å². The molecule has 0 aromatic heterocycles. The van der Waals surface area contributed by atoms with Gasteiger partial charge in [0.2, 0.25) is 0 Å². The van der Waals surface area contributed by atoms with Crippen LogP contribution >= 0.6 is 17.0 Å². The summed E-state index contributed by atoms with van der Waals surface area (Å²) >= 11 is -0.826. The normalized spacial score (nSPS) is 22.2. The summed E-state index contributed by atoms with van der Waals surface area (Å²) in [5, 5.41) is 8.80. The van der Waals surface area contributed by atoms with E-state index in [0.29, 0.717) is 20.3 Å². The number of benzene rings is 4. The van der Waals surface area contributed by atoms with Crippen LogP contribution in [0.25, 0.3) is 43.8 Å². The molecule has 10 rings (SSSR count). The van der Waals surface area contributed by atoms with Crippen molar-refractivity contribution in [3.8, 4) is 22.3 Å². The van der Waals surface area contributed by atoms with Gasteiger partial charge >= 0.3 is 44.1 Å². The molecule has 0 amide bonds. The third-order valence-corrected chi connectivity index (χ3v) is 20.2. The van der Waals surface area contributed by atoms with Crippen molar-refractivity contribution in [3.63, 3.8) is 0 Å². The van der Waals surface area contributed by atoms with Gasteiger partial charge in [0.25, 0.3) is 0 Å². The predicted octanol–water partition coefficient (Wildman–Crippen LogP) is 17.3. The summed E-state index contributed by atoms with van der Waals surface area (Å²) in [6.07, 6.45) is 12.8. The van der Waals surface area contributed by atoms with Crippen LogP contribution in [0.2, 0.25) is 51.9 Å². The molecule has 4 aliphatic carbocycles. The van der Waals surface area contributed by atoms with Crippen LogP contribution in [0.4, 0.5) is 13.2 Å². The van der Waals surface area contributed by atoms with Crippen molar-refractivity contribution < 1.29 is 34.0 Å². The van der Waals surface area contributed by atoms with Crippen molar-refractivity contribution in [1.29, 1.82) is 0 Å². The van der Waals surface area contributed by atoms with Crippen molar-refractivity contribution in [3.05, 3.63) is 120 Å². The number of halogens is 5. The summed E-state index contributed by atoms with van der Waals surface area (Å²) in [5.74, 6) is 2.07. The van der Waals surface area contributed by atoms with E-state index < -0.39 is 49.6 Å². The SMILES string of the molecule is C[Si](C)(C)c1ccc(-c2cccc3[cH-]c(CC45CCC(CC4)C5)cc23)cc1.C[Si](C)(C)c1ccc(-c2cccc3[cH-]c(CC45CCC(CC4)C5)cc23)cc1.C[Si]CCC(F)(F)F.[Cl][Zr+2][Cl]. The maximum atomic E-state index is 11.2. The third kappa shape index (κ3) is 13.0. The number of alkyl halides is 3. The van der Waals surface area contributed by atoms with Gasteiger partial charge in [-0.25, -0.2) is 0 Å². The van der Waals surface area contributed by atoms with Gasteiger partial charge in [0, 0.05) is 15.9 Å². The second kappa shape index (κ2) is 21.3. The quantitative estimate of drug-likeness (QED) is 0.0947. The van der Waals surface area contributed by atoms with E-state index in [1.165, 1.54) is 131 Å². The zero-order chi connectivity index (χ0) is 46.6. The van der Waals surface area contributed by atoms with Gasteiger partial charge in [-0.3, -0.25) is 0 Å². The molecule has 65 heavy (non-hydrogen) atoms. The molecule has 6 aromatic rings. The van der Waals surface area contributed by atoms with Gasteiger partial charge in [0.15, 0.2) is 0 Å². The molecule has 4 aliphatic rings. The van der Waals surface area contributed by atoms with Gasteiger partial charge in [-0.15, -0.1) is 69.1 Å². The molecular formula is C56H69Cl2F3Si3Zr. The monoisotopic (exact) mass is 1040 g/mol. The van der Waals surface area contributed by atoms with Crippen LogP contribution in [-0.4, -0.2) is 31.8 Å². The van der Waals surface area contributed by atoms with Crippen LogP contribution in [0.15, 0.2) is 109 Å². The van der Waals surface area contributed by atoms with E-state index in [1.807, 2.05) is 0 Å². The molecule has 2 radical (unpaired) electrons. The predicted molar refractivity (Wildman–Crippen MR) is 280 cm³/mol. The number of hydrogen-bond donors (Lipinski definition) is 0. The van der Waals surface area contributed by atoms with Gasteiger partial charge in [0.1, 0.15) is 0 Å². The first-order chi connectivity index (χ1) is 30.8. The van der Waals surface area contributed by atoms with E-state index in [0.717, 1.165) is 11.8 Å². The fraction of sp³-hybridized carbons (Fsp3) is 0.464. The number of fused-ring (bicyclic) bond motifs is 6. The van der Waals surface area contributed by atoms with E-state index in [9.17, 15) is 13.2 Å². The maximum absolute atomic E-state index is 11.2. The van der Waals surface area contributed by atoms with E-state index >= 15 is 0 Å². The Morgan fingerprint density at radius 2 is 0.985 bits per heavy atom. The third-order valence-electron chi connectivity index (χ3n) is 15.3. The molecule has 344 valence electrons. The minimum absolute atomic E-state index is 0.281. The fourth-order valence-corrected chi connectivity index (χ4v) is 14.7. The second-order valence-electron chi connectivity index (χ2n) is 22.2. The van der Waals surface area contributed by atoms with Gasteiger partial charge in [0.05, 0.1) is 16.1 Å². The molecule has 0 nitrogen and oxygen atoms in total. The van der Waals surface area contributed by atoms with Gasteiger partial charge in [-0.1, -0.05) is 134 Å². The van der Waals surface area contributed by atoms with Gasteiger partial charge < -0.3 is 0 Å². The van der Waals surface area contributed by atoms with Crippen molar-refractivity contribution >= 4 is 74.6 Å². The molecule has 6 aromatic carbocycles. The van der Waals surface area contributed by atoms with Crippen LogP contribution in [0.1, 0.15) is 81.8 Å². The fourth-order valence-electron chi connectivity index (χ4n) is 11.9. The van der Waals surface area contributed by atoms with Crippen molar-refractivity contribution in [2.45, 2.75) is 142 Å². The standard InChI is InChI=1S/2C26H31Si.C4H7F3Si.2ClH.Zr/c2*1-27(2,3)23-9-7-21(8-10-23)24-6-4-5-22-15-20(16-25(22)24)18-26-13-11-19(17-26)12-14-26;1-8-3-2-4(5,6)7;;;/h2*4-10,15-16,19H,11-14,17-18H2,1-3H3;2-3H2,1H3;2*1H;/q2*-1;;;;+4/p-2. The summed E-state index contributed by atoms with van der Waals surface area (Å²) in [6.45, 7) is 16.3. The molecule has 0 spiro atoms. The Morgan fingerprint density at radius 1 is 0.615 bits per heavy atom. The summed E-state index contributed by atoms with van der Waals surface area (Å²) < 4.78 is 33.7. The molecule has 4 bridgehead atoms. The molecule has 0 saturated heterocycles. The van der Waals surface area contributed by atoms with Crippen molar-refractivity contribution in [2.75, 3.05) is 0 Å². The topological polar surface area (TPSA) is 0 Å². The van der Waals surface area contributed by atoms with Crippen LogP contribution in [0.3, 0.4) is 0 Å². The van der Waals surface area contributed by atoms with Gasteiger partial charge in [-0.2, -0.15) is 25.3 Å². The summed E-state index contributed by atoms with van der Waals surface area (Å²) in [6, 6.07) is 42.7. The first-order valence-electron chi connectivity index (χ1n) is 24.1. The summed E-state index contributed by atoms with van der Waals surface area (Å²) in [5.41, 5.74) is 9.92. The van der Waals surface area contributed by atoms with E-state index in [2.05, 4.69) is 148 Å². The molecule has 4 fully saturated rings. The molecule has 0 heterocycles. The number of hydrogen-bond acceptors (Lipinski definition) is 0.